The third-order valence-electron chi connectivity index (χ3n) is 3.74. The van der Waals surface area contributed by atoms with Crippen LogP contribution >= 0.6 is 11.8 Å². The molecule has 0 aromatic heterocycles. The van der Waals surface area contributed by atoms with Gasteiger partial charge in [0.1, 0.15) is 5.75 Å². The van der Waals surface area contributed by atoms with E-state index in [9.17, 15) is 4.79 Å². The first-order valence-electron chi connectivity index (χ1n) is 7.28. The molecule has 21 heavy (non-hydrogen) atoms. The number of fused-ring (bicyclic) bond motifs is 1. The van der Waals surface area contributed by atoms with Crippen molar-refractivity contribution in [3.8, 4) is 5.75 Å². The van der Waals surface area contributed by atoms with Crippen molar-refractivity contribution in [2.45, 2.75) is 31.1 Å². The van der Waals surface area contributed by atoms with Crippen LogP contribution in [0.25, 0.3) is 0 Å². The maximum Gasteiger partial charge on any atom is 0.315 e. The summed E-state index contributed by atoms with van der Waals surface area (Å²) >= 11 is 1.67. The number of hydrogen-bond acceptors (Lipinski definition) is 5. The molecule has 1 aliphatic rings. The third kappa shape index (κ3) is 3.92. The minimum absolute atomic E-state index is 0.164. The average molecular weight is 309 g/mol. The normalized spacial score (nSPS) is 20.1. The van der Waals surface area contributed by atoms with E-state index in [0.717, 1.165) is 25.1 Å². The van der Waals surface area contributed by atoms with Gasteiger partial charge in [-0.3, -0.25) is 4.79 Å². The fraction of sp³-hybridized carbons (Fsp3) is 0.562. The summed E-state index contributed by atoms with van der Waals surface area (Å²) in [6, 6.07) is 6.52. The van der Waals surface area contributed by atoms with Gasteiger partial charge < -0.3 is 14.8 Å². The van der Waals surface area contributed by atoms with Gasteiger partial charge in [0, 0.05) is 11.3 Å². The molecule has 1 aliphatic carbocycles. The van der Waals surface area contributed by atoms with Crippen molar-refractivity contribution in [2.24, 2.45) is 0 Å². The lowest BCUT2D eigenvalue weighted by atomic mass is 10.1. The highest BCUT2D eigenvalue weighted by Gasteiger charge is 2.33. The summed E-state index contributed by atoms with van der Waals surface area (Å²) in [6.07, 6.45) is 2.06. The van der Waals surface area contributed by atoms with Gasteiger partial charge in [-0.1, -0.05) is 13.0 Å². The Labute approximate surface area is 130 Å². The zero-order chi connectivity index (χ0) is 15.2. The third-order valence-corrected chi connectivity index (χ3v) is 5.01. The molecule has 0 spiro atoms. The fourth-order valence-electron chi connectivity index (χ4n) is 2.64. The second-order valence-electron chi connectivity index (χ2n) is 5.13. The van der Waals surface area contributed by atoms with Crippen molar-refractivity contribution in [3.05, 3.63) is 29.3 Å². The molecule has 1 aromatic rings. The predicted octanol–water partition coefficient (Wildman–Crippen LogP) is 2.57. The van der Waals surface area contributed by atoms with E-state index >= 15 is 0 Å². The van der Waals surface area contributed by atoms with Gasteiger partial charge in [0.05, 0.1) is 20.0 Å². The summed E-state index contributed by atoms with van der Waals surface area (Å²) in [6.45, 7) is 3.13. The molecule has 0 bridgehead atoms. The number of methoxy groups -OCH3 is 2. The highest BCUT2D eigenvalue weighted by molar-refractivity contribution is 8.00. The zero-order valence-electron chi connectivity index (χ0n) is 12.8. The van der Waals surface area contributed by atoms with Crippen molar-refractivity contribution < 1.29 is 14.3 Å². The number of thioether (sulfide) groups is 1. The summed E-state index contributed by atoms with van der Waals surface area (Å²) < 4.78 is 10.1. The van der Waals surface area contributed by atoms with Crippen LogP contribution in [0.1, 0.15) is 30.5 Å². The van der Waals surface area contributed by atoms with Crippen LogP contribution in [0.2, 0.25) is 0 Å². The Bertz CT molecular complexity index is 492. The number of rotatable bonds is 7. The topological polar surface area (TPSA) is 47.6 Å². The highest BCUT2D eigenvalue weighted by Crippen LogP contribution is 2.40. The van der Waals surface area contributed by atoms with Gasteiger partial charge in [-0.25, -0.2) is 0 Å². The lowest BCUT2D eigenvalue weighted by Crippen LogP contribution is -2.28. The van der Waals surface area contributed by atoms with E-state index in [0.29, 0.717) is 11.0 Å². The summed E-state index contributed by atoms with van der Waals surface area (Å²) in [5.41, 5.74) is 2.64. The zero-order valence-corrected chi connectivity index (χ0v) is 13.7. The largest absolute Gasteiger partial charge is 0.497 e. The Morgan fingerprint density at radius 3 is 2.90 bits per heavy atom. The molecule has 116 valence electrons. The molecule has 1 aromatic carbocycles. The predicted molar refractivity (Wildman–Crippen MR) is 86.0 cm³/mol. The van der Waals surface area contributed by atoms with Crippen LogP contribution in [0.15, 0.2) is 18.2 Å². The van der Waals surface area contributed by atoms with Crippen LogP contribution in [0, 0.1) is 0 Å². The number of nitrogens with one attached hydrogen (secondary N) is 1. The van der Waals surface area contributed by atoms with Crippen molar-refractivity contribution in [1.82, 2.24) is 5.32 Å². The number of carbonyl (C=O) groups is 1. The SMILES string of the molecule is CCCNC1c2cc(OC)ccc2CC1SCC(=O)OC. The van der Waals surface area contributed by atoms with E-state index in [1.54, 1.807) is 18.9 Å². The first-order chi connectivity index (χ1) is 10.2. The van der Waals surface area contributed by atoms with Crippen LogP contribution in [0.4, 0.5) is 0 Å². The molecule has 0 heterocycles. The lowest BCUT2D eigenvalue weighted by molar-refractivity contribution is -0.137. The van der Waals surface area contributed by atoms with Crippen LogP contribution in [-0.4, -0.2) is 37.7 Å². The number of ether oxygens (including phenoxy) is 2. The summed E-state index contributed by atoms with van der Waals surface area (Å²) in [7, 11) is 3.12. The smallest absolute Gasteiger partial charge is 0.315 e. The molecule has 2 unspecified atom stereocenters. The van der Waals surface area contributed by atoms with E-state index in [4.69, 9.17) is 9.47 Å². The van der Waals surface area contributed by atoms with E-state index in [1.165, 1.54) is 18.2 Å². The Hall–Kier alpha value is -1.20. The van der Waals surface area contributed by atoms with Gasteiger partial charge in [0.15, 0.2) is 0 Å². The first-order valence-corrected chi connectivity index (χ1v) is 8.33. The summed E-state index contributed by atoms with van der Waals surface area (Å²) in [5.74, 6) is 1.12. The van der Waals surface area contributed by atoms with Gasteiger partial charge in [0.25, 0.3) is 0 Å². The Balaban J connectivity index is 2.13. The van der Waals surface area contributed by atoms with Crippen LogP contribution in [0.5, 0.6) is 5.75 Å². The van der Waals surface area contributed by atoms with E-state index in [2.05, 4.69) is 24.4 Å². The quantitative estimate of drug-likeness (QED) is 0.785. The maximum atomic E-state index is 11.4. The molecule has 0 radical (unpaired) electrons. The van der Waals surface area contributed by atoms with Crippen molar-refractivity contribution in [2.75, 3.05) is 26.5 Å². The second-order valence-corrected chi connectivity index (χ2v) is 6.35. The van der Waals surface area contributed by atoms with Gasteiger partial charge in [-0.2, -0.15) is 0 Å². The standard InChI is InChI=1S/C16H23NO3S/c1-4-7-17-16-13-9-12(19-2)6-5-11(13)8-14(16)21-10-15(18)20-3/h5-6,9,14,16-17H,4,7-8,10H2,1-3H3. The Morgan fingerprint density at radius 1 is 1.43 bits per heavy atom. The molecule has 0 saturated heterocycles. The first kappa shape index (κ1) is 16.2. The minimum atomic E-state index is -0.164. The molecule has 0 aliphatic heterocycles. The number of benzene rings is 1. The Morgan fingerprint density at radius 2 is 2.24 bits per heavy atom. The van der Waals surface area contributed by atoms with E-state index < -0.39 is 0 Å². The molecule has 1 N–H and O–H groups in total. The number of hydrogen-bond donors (Lipinski definition) is 1. The molecular weight excluding hydrogens is 286 g/mol. The lowest BCUT2D eigenvalue weighted by Gasteiger charge is -2.21. The van der Waals surface area contributed by atoms with Gasteiger partial charge in [-0.15, -0.1) is 11.8 Å². The molecule has 0 saturated carbocycles. The molecular formula is C16H23NO3S. The molecule has 5 heteroatoms. The summed E-state index contributed by atoms with van der Waals surface area (Å²) in [4.78, 5) is 11.4. The minimum Gasteiger partial charge on any atom is -0.497 e. The van der Waals surface area contributed by atoms with E-state index in [-0.39, 0.29) is 12.0 Å². The molecule has 4 nitrogen and oxygen atoms in total. The average Bonchev–Trinajstić information content (AvgIpc) is 2.87. The van der Waals surface area contributed by atoms with Crippen LogP contribution in [0.3, 0.4) is 0 Å². The highest BCUT2D eigenvalue weighted by atomic mass is 32.2. The Kier molecular flexibility index (Phi) is 5.94. The van der Waals surface area contributed by atoms with Crippen molar-refractivity contribution in [3.63, 3.8) is 0 Å². The fourth-order valence-corrected chi connectivity index (χ4v) is 3.84. The molecule has 2 atom stereocenters. The maximum absolute atomic E-state index is 11.4. The van der Waals surface area contributed by atoms with Crippen molar-refractivity contribution >= 4 is 17.7 Å². The summed E-state index contributed by atoms with van der Waals surface area (Å²) in [5, 5.41) is 3.96. The van der Waals surface area contributed by atoms with E-state index in [1.807, 2.05) is 6.07 Å². The number of carbonyl (C=O) groups excluding carboxylic acids is 1. The monoisotopic (exact) mass is 309 g/mol. The number of esters is 1. The van der Waals surface area contributed by atoms with Crippen LogP contribution in [-0.2, 0) is 16.0 Å². The van der Waals surface area contributed by atoms with Gasteiger partial charge in [-0.05, 0) is 42.6 Å². The molecule has 0 amide bonds. The molecule has 2 rings (SSSR count). The van der Waals surface area contributed by atoms with Crippen LogP contribution < -0.4 is 10.1 Å². The van der Waals surface area contributed by atoms with Crippen molar-refractivity contribution in [1.29, 1.82) is 0 Å². The molecule has 0 fully saturated rings. The second kappa shape index (κ2) is 7.71. The van der Waals surface area contributed by atoms with Gasteiger partial charge in [0.2, 0.25) is 0 Å². The van der Waals surface area contributed by atoms with Gasteiger partial charge >= 0.3 is 5.97 Å².